The molecule has 2 aromatic heterocycles. The van der Waals surface area contributed by atoms with Crippen molar-refractivity contribution in [3.05, 3.63) is 53.7 Å². The summed E-state index contributed by atoms with van der Waals surface area (Å²) in [5, 5.41) is 1.16. The van der Waals surface area contributed by atoms with Crippen molar-refractivity contribution in [2.75, 3.05) is 18.6 Å². The van der Waals surface area contributed by atoms with Crippen LogP contribution in [-0.2, 0) is 4.74 Å². The van der Waals surface area contributed by atoms with Gasteiger partial charge in [-0.05, 0) is 63.1 Å². The Balaban J connectivity index is 1.72. The molecule has 0 amide bonds. The van der Waals surface area contributed by atoms with Gasteiger partial charge in [0.05, 0.1) is 23.7 Å². The lowest BCUT2D eigenvalue weighted by Gasteiger charge is -2.25. The summed E-state index contributed by atoms with van der Waals surface area (Å²) in [5.74, 6) is 0.508. The van der Waals surface area contributed by atoms with Gasteiger partial charge >= 0.3 is 5.97 Å². The molecule has 5 rings (SSSR count). The molecule has 1 aliphatic rings. The smallest absolute Gasteiger partial charge is 0.337 e. The lowest BCUT2D eigenvalue weighted by molar-refractivity contribution is 0.0601. The summed E-state index contributed by atoms with van der Waals surface area (Å²) < 4.78 is 4.87. The zero-order chi connectivity index (χ0) is 20.8. The topological polar surface area (TPSA) is 71.1 Å². The number of nitrogens with one attached hydrogen (secondary N) is 1. The van der Waals surface area contributed by atoms with Crippen molar-refractivity contribution < 1.29 is 9.53 Å². The first-order valence-electron chi connectivity index (χ1n) is 10.3. The molecule has 0 spiro atoms. The minimum Gasteiger partial charge on any atom is -0.465 e. The lowest BCUT2D eigenvalue weighted by Crippen LogP contribution is -2.28. The SMILES string of the molecule is COC(=O)c1ccc2nc(-c3ccc4[nH]c(C)cc4c3)c(N3CCCC3C)nc2c1. The monoisotopic (exact) mass is 400 g/mol. The molecule has 152 valence electrons. The Morgan fingerprint density at radius 1 is 1.13 bits per heavy atom. The second kappa shape index (κ2) is 7.13. The lowest BCUT2D eigenvalue weighted by atomic mass is 10.1. The average Bonchev–Trinajstić information content (AvgIpc) is 3.35. The van der Waals surface area contributed by atoms with Crippen LogP contribution >= 0.6 is 0 Å². The molecule has 1 N–H and O–H groups in total. The van der Waals surface area contributed by atoms with Crippen LogP contribution < -0.4 is 4.90 Å². The molecule has 6 nitrogen and oxygen atoms in total. The number of carbonyl (C=O) groups is 1. The summed E-state index contributed by atoms with van der Waals surface area (Å²) in [5.41, 5.74) is 6.12. The number of aromatic nitrogens is 3. The number of rotatable bonds is 3. The molecular formula is C24H24N4O2. The molecule has 1 fully saturated rings. The molecule has 0 radical (unpaired) electrons. The molecule has 1 aliphatic heterocycles. The molecule has 30 heavy (non-hydrogen) atoms. The van der Waals surface area contributed by atoms with Crippen LogP contribution in [0.25, 0.3) is 33.2 Å². The number of fused-ring (bicyclic) bond motifs is 2. The van der Waals surface area contributed by atoms with Crippen molar-refractivity contribution in [2.45, 2.75) is 32.7 Å². The number of hydrogen-bond acceptors (Lipinski definition) is 5. The fraction of sp³-hybridized carbons (Fsp3) is 0.292. The fourth-order valence-corrected chi connectivity index (χ4v) is 4.36. The van der Waals surface area contributed by atoms with E-state index in [2.05, 4.69) is 48.0 Å². The van der Waals surface area contributed by atoms with E-state index in [-0.39, 0.29) is 5.97 Å². The van der Waals surface area contributed by atoms with Gasteiger partial charge in [0.15, 0.2) is 5.82 Å². The number of carbonyl (C=O) groups excluding carboxylic acids is 1. The predicted octanol–water partition coefficient (Wildman–Crippen LogP) is 4.86. The quantitative estimate of drug-likeness (QED) is 0.497. The number of benzene rings is 2. The molecule has 3 heterocycles. The first-order valence-corrected chi connectivity index (χ1v) is 10.3. The van der Waals surface area contributed by atoms with Crippen molar-refractivity contribution in [3.8, 4) is 11.3 Å². The zero-order valence-electron chi connectivity index (χ0n) is 17.4. The maximum Gasteiger partial charge on any atom is 0.337 e. The molecule has 4 aromatic rings. The van der Waals surface area contributed by atoms with E-state index >= 15 is 0 Å². The third-order valence-corrected chi connectivity index (χ3v) is 5.92. The Morgan fingerprint density at radius 2 is 2.00 bits per heavy atom. The number of methoxy groups -OCH3 is 1. The third-order valence-electron chi connectivity index (χ3n) is 5.92. The second-order valence-corrected chi connectivity index (χ2v) is 8.03. The minimum absolute atomic E-state index is 0.368. The number of hydrogen-bond donors (Lipinski definition) is 1. The van der Waals surface area contributed by atoms with Gasteiger partial charge in [0.25, 0.3) is 0 Å². The van der Waals surface area contributed by atoms with E-state index in [0.717, 1.165) is 58.6 Å². The molecule has 0 saturated carbocycles. The third kappa shape index (κ3) is 3.09. The van der Waals surface area contributed by atoms with E-state index in [1.165, 1.54) is 7.11 Å². The van der Waals surface area contributed by atoms with Gasteiger partial charge < -0.3 is 14.6 Å². The van der Waals surface area contributed by atoms with Gasteiger partial charge in [-0.2, -0.15) is 0 Å². The van der Waals surface area contributed by atoms with Crippen LogP contribution in [0.15, 0.2) is 42.5 Å². The molecular weight excluding hydrogens is 376 g/mol. The second-order valence-electron chi connectivity index (χ2n) is 8.03. The molecule has 6 heteroatoms. The van der Waals surface area contributed by atoms with Gasteiger partial charge in [0.1, 0.15) is 5.69 Å². The molecule has 1 unspecified atom stereocenters. The van der Waals surface area contributed by atoms with Crippen molar-refractivity contribution in [1.82, 2.24) is 15.0 Å². The molecule has 1 atom stereocenters. The largest absolute Gasteiger partial charge is 0.465 e. The highest BCUT2D eigenvalue weighted by Gasteiger charge is 2.26. The van der Waals surface area contributed by atoms with Crippen LogP contribution in [0.5, 0.6) is 0 Å². The summed E-state index contributed by atoms with van der Waals surface area (Å²) in [4.78, 5) is 27.7. The van der Waals surface area contributed by atoms with Crippen molar-refractivity contribution in [1.29, 1.82) is 0 Å². The summed E-state index contributed by atoms with van der Waals surface area (Å²) >= 11 is 0. The first kappa shape index (κ1) is 18.6. The zero-order valence-corrected chi connectivity index (χ0v) is 17.4. The summed E-state index contributed by atoms with van der Waals surface area (Å²) in [6.45, 7) is 5.24. The number of ether oxygens (including phenoxy) is 1. The summed E-state index contributed by atoms with van der Waals surface area (Å²) in [6, 6.07) is 14.3. The van der Waals surface area contributed by atoms with E-state index in [1.54, 1.807) is 12.1 Å². The Hall–Kier alpha value is -3.41. The predicted molar refractivity (Wildman–Crippen MR) is 119 cm³/mol. The maximum absolute atomic E-state index is 12.0. The number of aromatic amines is 1. The number of aryl methyl sites for hydroxylation is 1. The Bertz CT molecular complexity index is 1280. The average molecular weight is 400 g/mol. The van der Waals surface area contributed by atoms with Crippen LogP contribution in [0, 0.1) is 6.92 Å². The minimum atomic E-state index is -0.368. The number of anilines is 1. The van der Waals surface area contributed by atoms with E-state index in [4.69, 9.17) is 14.7 Å². The van der Waals surface area contributed by atoms with Gasteiger partial charge in [-0.15, -0.1) is 0 Å². The maximum atomic E-state index is 12.0. The highest BCUT2D eigenvalue weighted by atomic mass is 16.5. The highest BCUT2D eigenvalue weighted by Crippen LogP contribution is 2.35. The van der Waals surface area contributed by atoms with Crippen molar-refractivity contribution in [2.24, 2.45) is 0 Å². The fourth-order valence-electron chi connectivity index (χ4n) is 4.36. The van der Waals surface area contributed by atoms with Crippen LogP contribution in [-0.4, -0.2) is 40.6 Å². The van der Waals surface area contributed by atoms with Crippen molar-refractivity contribution >= 4 is 33.7 Å². The molecule has 1 saturated heterocycles. The normalized spacial score (nSPS) is 16.5. The van der Waals surface area contributed by atoms with Crippen LogP contribution in [0.2, 0.25) is 0 Å². The number of H-pyrrole nitrogens is 1. The van der Waals surface area contributed by atoms with Crippen LogP contribution in [0.4, 0.5) is 5.82 Å². The Morgan fingerprint density at radius 3 is 2.77 bits per heavy atom. The van der Waals surface area contributed by atoms with Crippen LogP contribution in [0.3, 0.4) is 0 Å². The Labute approximate surface area is 174 Å². The summed E-state index contributed by atoms with van der Waals surface area (Å²) in [7, 11) is 1.39. The number of nitrogens with zero attached hydrogens (tertiary/aromatic N) is 3. The van der Waals surface area contributed by atoms with Crippen LogP contribution in [0.1, 0.15) is 35.8 Å². The van der Waals surface area contributed by atoms with E-state index < -0.39 is 0 Å². The molecule has 0 bridgehead atoms. The summed E-state index contributed by atoms with van der Waals surface area (Å²) in [6.07, 6.45) is 2.27. The molecule has 0 aliphatic carbocycles. The van der Waals surface area contributed by atoms with Gasteiger partial charge in [-0.25, -0.2) is 14.8 Å². The van der Waals surface area contributed by atoms with E-state index in [0.29, 0.717) is 17.1 Å². The first-order chi connectivity index (χ1) is 14.5. The number of esters is 1. The Kier molecular flexibility index (Phi) is 4.42. The molecule has 2 aromatic carbocycles. The van der Waals surface area contributed by atoms with E-state index in [9.17, 15) is 4.79 Å². The van der Waals surface area contributed by atoms with E-state index in [1.807, 2.05) is 6.07 Å². The highest BCUT2D eigenvalue weighted by molar-refractivity contribution is 5.95. The van der Waals surface area contributed by atoms with Gasteiger partial charge in [0, 0.05) is 34.7 Å². The standard InChI is InChI=1S/C24H24N4O2/c1-14-11-18-12-16(6-8-19(18)25-14)22-23(28-10-4-5-15(28)2)27-21-13-17(24(29)30-3)7-9-20(21)26-22/h6-9,11-13,15,25H,4-5,10H2,1-3H3. The van der Waals surface area contributed by atoms with Gasteiger partial charge in [-0.1, -0.05) is 6.07 Å². The van der Waals surface area contributed by atoms with Crippen molar-refractivity contribution in [3.63, 3.8) is 0 Å². The van der Waals surface area contributed by atoms with Gasteiger partial charge in [-0.3, -0.25) is 0 Å². The van der Waals surface area contributed by atoms with Gasteiger partial charge in [0.2, 0.25) is 0 Å².